The topological polar surface area (TPSA) is 85.4 Å². The van der Waals surface area contributed by atoms with Crippen molar-refractivity contribution in [2.45, 2.75) is 63.3 Å². The number of benzene rings is 1. The van der Waals surface area contributed by atoms with E-state index in [1.807, 2.05) is 23.1 Å². The lowest BCUT2D eigenvalue weighted by atomic mass is 9.77. The third-order valence-corrected chi connectivity index (χ3v) is 8.11. The number of aromatic amines is 1. The van der Waals surface area contributed by atoms with Gasteiger partial charge in [-0.1, -0.05) is 24.4 Å². The van der Waals surface area contributed by atoms with Crippen molar-refractivity contribution in [3.05, 3.63) is 34.5 Å². The van der Waals surface area contributed by atoms with Crippen LogP contribution in [-0.4, -0.2) is 46.5 Å². The Kier molecular flexibility index (Phi) is 5.25. The number of nitrogens with one attached hydrogen (secondary N) is 2. The maximum Gasteiger partial charge on any atom is 0.303 e. The lowest BCUT2D eigenvalue weighted by Crippen LogP contribution is -2.55. The van der Waals surface area contributed by atoms with Crippen LogP contribution in [0.2, 0.25) is 5.02 Å². The number of carboxylic acid groups (broad SMARTS) is 1. The first-order chi connectivity index (χ1) is 14.9. The Morgan fingerprint density at radius 3 is 2.55 bits per heavy atom. The fourth-order valence-corrected chi connectivity index (χ4v) is 6.43. The molecule has 1 saturated heterocycles. The van der Waals surface area contributed by atoms with Crippen LogP contribution in [0.15, 0.2) is 18.2 Å². The predicted molar refractivity (Wildman–Crippen MR) is 120 cm³/mol. The molecule has 0 atom stereocenters. The summed E-state index contributed by atoms with van der Waals surface area (Å²) in [5, 5.41) is 15.1. The van der Waals surface area contributed by atoms with Crippen molar-refractivity contribution in [2.24, 2.45) is 5.41 Å². The highest BCUT2D eigenvalue weighted by Gasteiger charge is 2.44. The van der Waals surface area contributed by atoms with Gasteiger partial charge in [0.1, 0.15) is 0 Å². The second-order valence-corrected chi connectivity index (χ2v) is 10.2. The lowest BCUT2D eigenvalue weighted by Gasteiger charge is -2.45. The number of H-pyrrole nitrogens is 1. The summed E-state index contributed by atoms with van der Waals surface area (Å²) in [6.07, 6.45) is 6.93. The van der Waals surface area contributed by atoms with Crippen molar-refractivity contribution >= 4 is 34.4 Å². The Morgan fingerprint density at radius 1 is 1.10 bits per heavy atom. The summed E-state index contributed by atoms with van der Waals surface area (Å²) in [5.41, 5.74) is 3.24. The molecule has 3 heterocycles. The summed E-state index contributed by atoms with van der Waals surface area (Å²) in [6, 6.07) is 6.02. The number of likely N-dealkylation sites (tertiary alicyclic amines) is 1. The first-order valence-electron chi connectivity index (χ1n) is 11.5. The van der Waals surface area contributed by atoms with Gasteiger partial charge in [0.05, 0.1) is 12.0 Å². The number of hydrogen-bond acceptors (Lipinski definition) is 3. The molecule has 0 bridgehead atoms. The van der Waals surface area contributed by atoms with E-state index in [0.29, 0.717) is 19.5 Å². The van der Waals surface area contributed by atoms with E-state index in [1.54, 1.807) is 0 Å². The average Bonchev–Trinajstić information content (AvgIpc) is 3.33. The second-order valence-electron chi connectivity index (χ2n) is 9.76. The minimum absolute atomic E-state index is 0.110. The van der Waals surface area contributed by atoms with Crippen molar-refractivity contribution in [2.75, 3.05) is 19.6 Å². The number of halogens is 1. The van der Waals surface area contributed by atoms with E-state index in [-0.39, 0.29) is 23.3 Å². The smallest absolute Gasteiger partial charge is 0.303 e. The number of aliphatic carboxylic acids is 1. The molecule has 31 heavy (non-hydrogen) atoms. The van der Waals surface area contributed by atoms with Crippen LogP contribution in [0.3, 0.4) is 0 Å². The number of hydrogen-bond donors (Lipinski definition) is 3. The average molecular weight is 444 g/mol. The largest absolute Gasteiger partial charge is 0.481 e. The zero-order valence-electron chi connectivity index (χ0n) is 17.8. The normalized spacial score (nSPS) is 22.0. The second kappa shape index (κ2) is 7.82. The molecule has 0 radical (unpaired) electrons. The zero-order valence-corrected chi connectivity index (χ0v) is 18.6. The number of amides is 1. The molecule has 1 saturated carbocycles. The number of carbonyl (C=O) groups excluding carboxylic acids is 1. The molecule has 3 N–H and O–H groups in total. The van der Waals surface area contributed by atoms with Gasteiger partial charge < -0.3 is 20.3 Å². The van der Waals surface area contributed by atoms with Crippen LogP contribution in [0.1, 0.15) is 62.6 Å². The molecule has 1 aliphatic carbocycles. The number of fused-ring (bicyclic) bond motifs is 4. The number of nitrogens with zero attached hydrogens (tertiary/aromatic N) is 1. The molecule has 2 fully saturated rings. The van der Waals surface area contributed by atoms with E-state index in [2.05, 4.69) is 10.3 Å². The van der Waals surface area contributed by atoms with Crippen LogP contribution in [0.25, 0.3) is 10.9 Å². The Balaban J connectivity index is 1.32. The standard InChI is InChI=1S/C24H30ClN3O3/c25-16-3-4-19-18(13-16)17-5-10-26-24(22(17)27-19)8-11-28(12-9-24)20(29)14-23(15-21(30)31)6-1-2-7-23/h3-4,13,26-27H,1-2,5-12,14-15H2,(H,30,31). The summed E-state index contributed by atoms with van der Waals surface area (Å²) in [7, 11) is 0. The van der Waals surface area contributed by atoms with E-state index in [0.717, 1.165) is 62.0 Å². The van der Waals surface area contributed by atoms with Gasteiger partial charge in [-0.05, 0) is 61.3 Å². The van der Waals surface area contributed by atoms with E-state index >= 15 is 0 Å². The highest BCUT2D eigenvalue weighted by atomic mass is 35.5. The number of rotatable bonds is 4. The molecule has 1 aromatic heterocycles. The fraction of sp³-hybridized carbons (Fsp3) is 0.583. The molecule has 3 aliphatic rings. The molecule has 166 valence electrons. The minimum atomic E-state index is -0.787. The Morgan fingerprint density at radius 2 is 1.84 bits per heavy atom. The zero-order chi connectivity index (χ0) is 21.6. The lowest BCUT2D eigenvalue weighted by molar-refractivity contribution is -0.142. The first kappa shape index (κ1) is 20.8. The van der Waals surface area contributed by atoms with Crippen molar-refractivity contribution in [3.8, 4) is 0 Å². The molecule has 1 amide bonds. The summed E-state index contributed by atoms with van der Waals surface area (Å²) in [4.78, 5) is 30.1. The van der Waals surface area contributed by atoms with E-state index in [4.69, 9.17) is 11.6 Å². The monoisotopic (exact) mass is 443 g/mol. The fourth-order valence-electron chi connectivity index (χ4n) is 6.26. The van der Waals surface area contributed by atoms with Gasteiger partial charge in [-0.2, -0.15) is 0 Å². The Labute approximate surface area is 187 Å². The van der Waals surface area contributed by atoms with Gasteiger partial charge in [-0.15, -0.1) is 0 Å². The quantitative estimate of drug-likeness (QED) is 0.660. The van der Waals surface area contributed by atoms with Crippen molar-refractivity contribution < 1.29 is 14.7 Å². The van der Waals surface area contributed by atoms with Gasteiger partial charge in [0, 0.05) is 47.7 Å². The minimum Gasteiger partial charge on any atom is -0.481 e. The Bertz CT molecular complexity index is 1020. The molecular formula is C24H30ClN3O3. The SMILES string of the molecule is O=C(O)CC1(CC(=O)N2CCC3(CC2)NCCc2c3[nH]c3ccc(Cl)cc23)CCCC1. The maximum atomic E-state index is 13.1. The number of aromatic nitrogens is 1. The van der Waals surface area contributed by atoms with E-state index in [9.17, 15) is 14.7 Å². The van der Waals surface area contributed by atoms with Crippen molar-refractivity contribution in [1.82, 2.24) is 15.2 Å². The van der Waals surface area contributed by atoms with Crippen molar-refractivity contribution in [3.63, 3.8) is 0 Å². The van der Waals surface area contributed by atoms with E-state index in [1.165, 1.54) is 16.6 Å². The molecule has 2 aliphatic heterocycles. The molecule has 1 spiro atoms. The molecule has 0 unspecified atom stereocenters. The van der Waals surface area contributed by atoms with Crippen LogP contribution in [0.4, 0.5) is 0 Å². The van der Waals surface area contributed by atoms with Gasteiger partial charge >= 0.3 is 5.97 Å². The number of piperidine rings is 1. The summed E-state index contributed by atoms with van der Waals surface area (Å²) in [6.45, 7) is 2.32. The third-order valence-electron chi connectivity index (χ3n) is 7.87. The number of carboxylic acids is 1. The van der Waals surface area contributed by atoms with Crippen LogP contribution >= 0.6 is 11.6 Å². The molecule has 6 nitrogen and oxygen atoms in total. The van der Waals surface area contributed by atoms with Crippen molar-refractivity contribution in [1.29, 1.82) is 0 Å². The highest BCUT2D eigenvalue weighted by molar-refractivity contribution is 6.31. The summed E-state index contributed by atoms with van der Waals surface area (Å²) < 4.78 is 0. The van der Waals surface area contributed by atoms with Gasteiger partial charge in [0.25, 0.3) is 0 Å². The van der Waals surface area contributed by atoms with E-state index < -0.39 is 5.97 Å². The van der Waals surface area contributed by atoms with Crippen LogP contribution in [0, 0.1) is 5.41 Å². The predicted octanol–water partition coefficient (Wildman–Crippen LogP) is 4.21. The van der Waals surface area contributed by atoms with Gasteiger partial charge in [0.15, 0.2) is 0 Å². The summed E-state index contributed by atoms with van der Waals surface area (Å²) in [5.74, 6) is -0.664. The highest BCUT2D eigenvalue weighted by Crippen LogP contribution is 2.45. The molecular weight excluding hydrogens is 414 g/mol. The third kappa shape index (κ3) is 3.74. The summed E-state index contributed by atoms with van der Waals surface area (Å²) >= 11 is 6.25. The maximum absolute atomic E-state index is 13.1. The first-order valence-corrected chi connectivity index (χ1v) is 11.8. The molecule has 5 rings (SSSR count). The van der Waals surface area contributed by atoms with Gasteiger partial charge in [-0.25, -0.2) is 0 Å². The number of carbonyl (C=O) groups is 2. The molecule has 2 aromatic rings. The molecule has 1 aromatic carbocycles. The van der Waals surface area contributed by atoms with Gasteiger partial charge in [0.2, 0.25) is 5.91 Å². The Hall–Kier alpha value is -2.05. The molecule has 7 heteroatoms. The van der Waals surface area contributed by atoms with Crippen LogP contribution < -0.4 is 5.32 Å². The van der Waals surface area contributed by atoms with Crippen LogP contribution in [-0.2, 0) is 21.5 Å². The van der Waals surface area contributed by atoms with Crippen LogP contribution in [0.5, 0.6) is 0 Å². The van der Waals surface area contributed by atoms with Gasteiger partial charge in [-0.3, -0.25) is 9.59 Å².